The van der Waals surface area contributed by atoms with Crippen molar-refractivity contribution in [2.45, 2.75) is 39.7 Å². The molecule has 1 saturated heterocycles. The van der Waals surface area contributed by atoms with Gasteiger partial charge in [0.25, 0.3) is 0 Å². The van der Waals surface area contributed by atoms with Crippen LogP contribution in [0.15, 0.2) is 23.2 Å². The summed E-state index contributed by atoms with van der Waals surface area (Å²) in [5.41, 5.74) is 1.11. The Hall–Kier alpha value is -1.22. The Balaban J connectivity index is 0.00000420. The van der Waals surface area contributed by atoms with Crippen molar-refractivity contribution in [2.75, 3.05) is 54.0 Å². The molecule has 0 unspecified atom stereocenters. The van der Waals surface area contributed by atoms with Crippen molar-refractivity contribution >= 4 is 29.9 Å². The molecule has 0 aliphatic carbocycles. The summed E-state index contributed by atoms with van der Waals surface area (Å²) in [4.78, 5) is 9.59. The Kier molecular flexibility index (Phi) is 12.4. The van der Waals surface area contributed by atoms with E-state index in [0.717, 1.165) is 48.6 Å². The van der Waals surface area contributed by atoms with E-state index in [1.54, 1.807) is 14.2 Å². The lowest BCUT2D eigenvalue weighted by atomic mass is 9.94. The molecule has 29 heavy (non-hydrogen) atoms. The van der Waals surface area contributed by atoms with Gasteiger partial charge in [0.2, 0.25) is 0 Å². The Labute approximate surface area is 194 Å². The van der Waals surface area contributed by atoms with Gasteiger partial charge in [0.15, 0.2) is 5.96 Å². The fourth-order valence-electron chi connectivity index (χ4n) is 3.73. The molecule has 0 saturated carbocycles. The third-order valence-corrected chi connectivity index (χ3v) is 5.55. The van der Waals surface area contributed by atoms with Crippen LogP contribution in [-0.4, -0.2) is 69.8 Å². The zero-order valence-electron chi connectivity index (χ0n) is 18.7. The normalized spacial score (nSPS) is 15.6. The second-order valence-corrected chi connectivity index (χ2v) is 7.44. The third kappa shape index (κ3) is 8.20. The smallest absolute Gasteiger partial charge is 0.193 e. The number of methoxy groups -OCH3 is 2. The molecule has 0 spiro atoms. The standard InChI is InChI=1S/C22H38N4O2.HI/c1-6-23-22(24-13-10-18-11-14-26(7-2)15-12-18)25(3)17-19-8-9-20(27-4)16-21(19)28-5;/h8-9,16,18H,6-7,10-15,17H2,1-5H3,(H,23,24);1H. The average Bonchev–Trinajstić information content (AvgIpc) is 2.73. The molecule has 6 nitrogen and oxygen atoms in total. The highest BCUT2D eigenvalue weighted by molar-refractivity contribution is 14.0. The van der Waals surface area contributed by atoms with E-state index in [1.165, 1.54) is 38.9 Å². The summed E-state index contributed by atoms with van der Waals surface area (Å²) in [6, 6.07) is 5.95. The fourth-order valence-corrected chi connectivity index (χ4v) is 3.73. The number of hydrogen-bond donors (Lipinski definition) is 1. The number of nitrogens with one attached hydrogen (secondary N) is 1. The Bertz CT molecular complexity index is 619. The maximum Gasteiger partial charge on any atom is 0.193 e. The second kappa shape index (κ2) is 13.9. The fraction of sp³-hybridized carbons (Fsp3) is 0.682. The maximum atomic E-state index is 5.54. The van der Waals surface area contributed by atoms with E-state index in [9.17, 15) is 0 Å². The van der Waals surface area contributed by atoms with E-state index < -0.39 is 0 Å². The number of guanidine groups is 1. The number of ether oxygens (including phenoxy) is 2. The first-order valence-corrected chi connectivity index (χ1v) is 10.5. The van der Waals surface area contributed by atoms with Crippen molar-refractivity contribution in [1.82, 2.24) is 15.1 Å². The molecule has 1 aromatic rings. The van der Waals surface area contributed by atoms with Gasteiger partial charge < -0.3 is 24.6 Å². The van der Waals surface area contributed by atoms with Crippen molar-refractivity contribution in [3.63, 3.8) is 0 Å². The van der Waals surface area contributed by atoms with Gasteiger partial charge in [-0.3, -0.25) is 4.99 Å². The number of hydrogen-bond acceptors (Lipinski definition) is 4. The largest absolute Gasteiger partial charge is 0.497 e. The van der Waals surface area contributed by atoms with Crippen molar-refractivity contribution in [1.29, 1.82) is 0 Å². The molecule has 0 aromatic heterocycles. The summed E-state index contributed by atoms with van der Waals surface area (Å²) < 4.78 is 10.8. The van der Waals surface area contributed by atoms with Crippen LogP contribution in [0.5, 0.6) is 11.5 Å². The summed E-state index contributed by atoms with van der Waals surface area (Å²) in [5, 5.41) is 3.42. The summed E-state index contributed by atoms with van der Waals surface area (Å²) in [6.45, 7) is 10.5. The number of rotatable bonds is 9. The minimum absolute atomic E-state index is 0. The number of benzene rings is 1. The first kappa shape index (κ1) is 25.8. The summed E-state index contributed by atoms with van der Waals surface area (Å²) in [7, 11) is 5.44. The predicted octanol–water partition coefficient (Wildman–Crippen LogP) is 3.84. The van der Waals surface area contributed by atoms with Crippen LogP contribution >= 0.6 is 24.0 Å². The van der Waals surface area contributed by atoms with Gasteiger partial charge in [-0.25, -0.2) is 0 Å². The molecule has 0 atom stereocenters. The van der Waals surface area contributed by atoms with Crippen LogP contribution in [0.3, 0.4) is 0 Å². The van der Waals surface area contributed by atoms with Gasteiger partial charge in [-0.15, -0.1) is 24.0 Å². The van der Waals surface area contributed by atoms with Gasteiger partial charge in [0.1, 0.15) is 11.5 Å². The molecular formula is C22H39IN4O2. The van der Waals surface area contributed by atoms with Crippen molar-refractivity contribution in [3.05, 3.63) is 23.8 Å². The highest BCUT2D eigenvalue weighted by atomic mass is 127. The molecule has 166 valence electrons. The molecule has 1 heterocycles. The van der Waals surface area contributed by atoms with Gasteiger partial charge in [-0.1, -0.05) is 6.92 Å². The second-order valence-electron chi connectivity index (χ2n) is 7.44. The maximum absolute atomic E-state index is 5.54. The van der Waals surface area contributed by atoms with Gasteiger partial charge in [-0.05, 0) is 63.9 Å². The van der Waals surface area contributed by atoms with E-state index >= 15 is 0 Å². The number of aliphatic imine (C=N–C) groups is 1. The molecule has 7 heteroatoms. The van der Waals surface area contributed by atoms with E-state index in [-0.39, 0.29) is 24.0 Å². The van der Waals surface area contributed by atoms with Crippen LogP contribution in [0, 0.1) is 5.92 Å². The van der Waals surface area contributed by atoms with Crippen LogP contribution in [0.1, 0.15) is 38.7 Å². The summed E-state index contributed by atoms with van der Waals surface area (Å²) in [6.07, 6.45) is 3.78. The molecule has 1 aliphatic rings. The van der Waals surface area contributed by atoms with E-state index in [1.807, 2.05) is 12.1 Å². The number of piperidine rings is 1. The van der Waals surface area contributed by atoms with Crippen molar-refractivity contribution < 1.29 is 9.47 Å². The van der Waals surface area contributed by atoms with Gasteiger partial charge in [0, 0.05) is 38.3 Å². The first-order chi connectivity index (χ1) is 13.6. The zero-order valence-corrected chi connectivity index (χ0v) is 21.1. The number of nitrogens with zero attached hydrogens (tertiary/aromatic N) is 3. The molecule has 1 aliphatic heterocycles. The highest BCUT2D eigenvalue weighted by Gasteiger charge is 2.18. The first-order valence-electron chi connectivity index (χ1n) is 10.5. The molecule has 1 N–H and O–H groups in total. The van der Waals surface area contributed by atoms with E-state index in [2.05, 4.69) is 42.1 Å². The molecule has 2 rings (SSSR count). The molecular weight excluding hydrogens is 479 g/mol. The Morgan fingerprint density at radius 1 is 1.21 bits per heavy atom. The summed E-state index contributed by atoms with van der Waals surface area (Å²) in [5.74, 6) is 3.40. The van der Waals surface area contributed by atoms with Gasteiger partial charge >= 0.3 is 0 Å². The average molecular weight is 518 g/mol. The molecule has 1 aromatic carbocycles. The molecule has 0 bridgehead atoms. The lowest BCUT2D eigenvalue weighted by Gasteiger charge is -2.30. The minimum atomic E-state index is 0. The van der Waals surface area contributed by atoms with Gasteiger partial charge in [-0.2, -0.15) is 0 Å². The lowest BCUT2D eigenvalue weighted by Crippen LogP contribution is -2.38. The molecule has 0 radical (unpaired) electrons. The van der Waals surface area contributed by atoms with E-state index in [4.69, 9.17) is 14.5 Å². The van der Waals surface area contributed by atoms with Crippen LogP contribution in [0.25, 0.3) is 0 Å². The quantitative estimate of drug-likeness (QED) is 0.306. The van der Waals surface area contributed by atoms with E-state index in [0.29, 0.717) is 0 Å². The summed E-state index contributed by atoms with van der Waals surface area (Å²) >= 11 is 0. The molecule has 1 fully saturated rings. The third-order valence-electron chi connectivity index (χ3n) is 5.55. The monoisotopic (exact) mass is 518 g/mol. The lowest BCUT2D eigenvalue weighted by molar-refractivity contribution is 0.188. The topological polar surface area (TPSA) is 49.3 Å². The van der Waals surface area contributed by atoms with Crippen LogP contribution in [0.4, 0.5) is 0 Å². The predicted molar refractivity (Wildman–Crippen MR) is 132 cm³/mol. The minimum Gasteiger partial charge on any atom is -0.497 e. The Morgan fingerprint density at radius 2 is 1.93 bits per heavy atom. The van der Waals surface area contributed by atoms with Crippen molar-refractivity contribution in [2.24, 2.45) is 10.9 Å². The van der Waals surface area contributed by atoms with Crippen LogP contribution in [-0.2, 0) is 6.54 Å². The van der Waals surface area contributed by atoms with Crippen molar-refractivity contribution in [3.8, 4) is 11.5 Å². The van der Waals surface area contributed by atoms with Crippen LogP contribution in [0.2, 0.25) is 0 Å². The van der Waals surface area contributed by atoms with Crippen LogP contribution < -0.4 is 14.8 Å². The Morgan fingerprint density at radius 3 is 2.52 bits per heavy atom. The zero-order chi connectivity index (χ0) is 20.4. The highest BCUT2D eigenvalue weighted by Crippen LogP contribution is 2.25. The number of halogens is 1. The SMILES string of the molecule is CCNC(=NCCC1CCN(CC)CC1)N(C)Cc1ccc(OC)cc1OC.I. The number of likely N-dealkylation sites (tertiary alicyclic amines) is 1. The van der Waals surface area contributed by atoms with Gasteiger partial charge in [0.05, 0.1) is 14.2 Å². The molecule has 0 amide bonds.